The van der Waals surface area contributed by atoms with Gasteiger partial charge in [0.1, 0.15) is 23.8 Å². The fraction of sp³-hybridized carbons (Fsp3) is 0.333. The number of non-ortho nitro benzene ring substituents is 1. The van der Waals surface area contributed by atoms with Gasteiger partial charge in [0.25, 0.3) is 5.69 Å². The molecule has 322 valence electrons. The van der Waals surface area contributed by atoms with Gasteiger partial charge in [0.15, 0.2) is 0 Å². The van der Waals surface area contributed by atoms with E-state index in [0.29, 0.717) is 0 Å². The van der Waals surface area contributed by atoms with Gasteiger partial charge in [0.05, 0.1) is 17.4 Å². The SMILES string of the molecule is CC=[N+](c1ccccn1)c1c(C(C)C)cc(-c2cc([N+](=O)[O-])cc(-c3cc(C(C)C)c([N+](=CC)c4ccccn4)c(C(C)C)c3)c2C)cc1C(C)C.[Br-].[Br-].[Br-].[Br-].[Cu].[Cu]. The number of rotatable bonds is 11. The molecule has 0 saturated heterocycles. The van der Waals surface area contributed by atoms with Crippen molar-refractivity contribution >= 4 is 41.1 Å². The van der Waals surface area contributed by atoms with Crippen molar-refractivity contribution < 1.29 is 107 Å². The predicted octanol–water partition coefficient (Wildman–Crippen LogP) is 0.383. The summed E-state index contributed by atoms with van der Waals surface area (Å²) in [4.78, 5) is 21.7. The van der Waals surface area contributed by atoms with E-state index in [2.05, 4.69) is 118 Å². The molecule has 5 rings (SSSR count). The Hall–Kier alpha value is -2.34. The molecule has 2 heterocycles. The Morgan fingerprint density at radius 3 is 1.09 bits per heavy atom. The Morgan fingerprint density at radius 1 is 0.552 bits per heavy atom. The Morgan fingerprint density at radius 2 is 0.862 bits per heavy atom. The zero-order valence-corrected chi connectivity index (χ0v) is 42.9. The number of halogens is 4. The van der Waals surface area contributed by atoms with Crippen LogP contribution in [-0.4, -0.2) is 27.3 Å². The maximum Gasteiger partial charge on any atom is 0.327 e. The van der Waals surface area contributed by atoms with Crippen molar-refractivity contribution in [1.82, 2.24) is 19.1 Å². The van der Waals surface area contributed by atoms with Gasteiger partial charge in [0, 0.05) is 80.7 Å². The minimum atomic E-state index is -0.266. The number of nitro benzene ring substituents is 1. The van der Waals surface area contributed by atoms with Crippen molar-refractivity contribution in [3.8, 4) is 22.3 Å². The third-order valence-electron chi connectivity index (χ3n) is 9.84. The van der Waals surface area contributed by atoms with Crippen LogP contribution in [0.2, 0.25) is 0 Å². The second-order valence-electron chi connectivity index (χ2n) is 14.7. The van der Waals surface area contributed by atoms with Gasteiger partial charge >= 0.3 is 11.6 Å². The van der Waals surface area contributed by atoms with Crippen LogP contribution in [0.5, 0.6) is 0 Å². The van der Waals surface area contributed by atoms with Gasteiger partial charge in [-0.05, 0) is 119 Å². The molecule has 0 amide bonds. The van der Waals surface area contributed by atoms with E-state index < -0.39 is 0 Å². The Bertz CT molecular complexity index is 1980. The zero-order valence-electron chi connectivity index (χ0n) is 34.7. The van der Waals surface area contributed by atoms with Crippen molar-refractivity contribution in [2.24, 2.45) is 0 Å². The number of benzene rings is 3. The first kappa shape index (κ1) is 57.8. The standard InChI is InChI=1S/C45H53N5O2.4BrH.2Cu/c1-12-48(42-18-14-16-20-46-42)44-36(28(3)4)22-33(23-37(44)29(5)6)40-26-35(50(51)52)27-41(32(40)11)34-24-38(30(7)8)45(39(25-34)31(9)10)49(13-2)43-19-15-17-21-47-43;;;;;;/h12-31H,1-11H3;4*1H;;/q+2;;;;;;/p-4. The van der Waals surface area contributed by atoms with Crippen LogP contribution in [-0.2, 0) is 34.1 Å². The van der Waals surface area contributed by atoms with E-state index in [4.69, 9.17) is 0 Å². The van der Waals surface area contributed by atoms with Crippen LogP contribution in [0.4, 0.5) is 28.7 Å². The fourth-order valence-electron chi connectivity index (χ4n) is 7.14. The monoisotopic (exact) mass is 1140 g/mol. The number of pyridine rings is 2. The summed E-state index contributed by atoms with van der Waals surface area (Å²) in [6.07, 6.45) is 7.77. The Kier molecular flexibility index (Phi) is 25.3. The molecule has 2 radical (unpaired) electrons. The molecular weight excluding hydrogens is 1090 g/mol. The van der Waals surface area contributed by atoms with Crippen molar-refractivity contribution in [1.29, 1.82) is 0 Å². The zero-order chi connectivity index (χ0) is 37.9. The van der Waals surface area contributed by atoms with E-state index >= 15 is 0 Å². The molecule has 7 nitrogen and oxygen atoms in total. The van der Waals surface area contributed by atoms with Gasteiger partial charge in [-0.25, -0.2) is 9.15 Å². The summed E-state index contributed by atoms with van der Waals surface area (Å²) in [6.45, 7) is 23.8. The molecule has 0 N–H and O–H groups in total. The summed E-state index contributed by atoms with van der Waals surface area (Å²) < 4.78 is 4.34. The van der Waals surface area contributed by atoms with E-state index in [0.717, 1.165) is 73.1 Å². The Balaban J connectivity index is 0. The molecule has 0 aliphatic carbocycles. The second-order valence-corrected chi connectivity index (χ2v) is 14.7. The average molecular weight is 1140 g/mol. The largest absolute Gasteiger partial charge is 1.00 e. The molecule has 0 aliphatic heterocycles. The van der Waals surface area contributed by atoms with Crippen LogP contribution in [0.3, 0.4) is 0 Å². The maximum absolute atomic E-state index is 12.6. The quantitative estimate of drug-likeness (QED) is 0.0632. The van der Waals surface area contributed by atoms with Crippen molar-refractivity contribution in [2.75, 3.05) is 0 Å². The van der Waals surface area contributed by atoms with Gasteiger partial charge in [-0.2, -0.15) is 0 Å². The van der Waals surface area contributed by atoms with Crippen LogP contribution in [0.15, 0.2) is 85.2 Å². The molecule has 0 unspecified atom stereocenters. The van der Waals surface area contributed by atoms with E-state index in [9.17, 15) is 10.1 Å². The molecule has 5 aromatic rings. The number of nitrogens with zero attached hydrogens (tertiary/aromatic N) is 5. The van der Waals surface area contributed by atoms with E-state index in [1.165, 1.54) is 0 Å². The van der Waals surface area contributed by atoms with Gasteiger partial charge in [-0.15, -0.1) is 0 Å². The van der Waals surface area contributed by atoms with Crippen LogP contribution in [0, 0.1) is 17.0 Å². The minimum Gasteiger partial charge on any atom is -1.00 e. The fourth-order valence-corrected chi connectivity index (χ4v) is 7.14. The molecule has 2 aromatic heterocycles. The van der Waals surface area contributed by atoms with Gasteiger partial charge < -0.3 is 67.9 Å². The summed E-state index contributed by atoms with van der Waals surface area (Å²) in [7, 11) is 0. The van der Waals surface area contributed by atoms with E-state index in [-0.39, 0.29) is 136 Å². The Labute approximate surface area is 408 Å². The molecular formula is C45H53Br4Cu2N5O2-2. The summed E-state index contributed by atoms with van der Waals surface area (Å²) in [5.74, 6) is 2.44. The molecule has 0 saturated carbocycles. The number of nitro groups is 1. The molecule has 0 fully saturated rings. The first-order valence-corrected chi connectivity index (χ1v) is 18.4. The molecule has 0 bridgehead atoms. The predicted molar refractivity (Wildman–Crippen MR) is 220 cm³/mol. The first-order valence-electron chi connectivity index (χ1n) is 18.4. The van der Waals surface area contributed by atoms with Crippen molar-refractivity contribution in [3.63, 3.8) is 0 Å². The molecule has 3 aromatic carbocycles. The van der Waals surface area contributed by atoms with Gasteiger partial charge in [-0.1, -0.05) is 67.5 Å². The normalized spacial score (nSPS) is 11.2. The third-order valence-corrected chi connectivity index (χ3v) is 9.84. The summed E-state index contributed by atoms with van der Waals surface area (Å²) in [5, 5.41) is 12.6. The molecule has 0 aliphatic rings. The van der Waals surface area contributed by atoms with Crippen molar-refractivity contribution in [2.45, 2.75) is 99.8 Å². The number of hydrogen-bond donors (Lipinski definition) is 0. The summed E-state index contributed by atoms with van der Waals surface area (Å²) >= 11 is 0. The van der Waals surface area contributed by atoms with Crippen LogP contribution >= 0.6 is 0 Å². The summed E-state index contributed by atoms with van der Waals surface area (Å²) in [5.41, 5.74) is 11.6. The number of aromatic nitrogens is 2. The second kappa shape index (κ2) is 25.4. The smallest absolute Gasteiger partial charge is 0.327 e. The molecule has 13 heteroatoms. The summed E-state index contributed by atoms with van der Waals surface area (Å²) in [6, 6.07) is 24.3. The van der Waals surface area contributed by atoms with E-state index in [1.807, 2.05) is 62.6 Å². The average Bonchev–Trinajstić information content (AvgIpc) is 3.12. The minimum absolute atomic E-state index is 0. The molecule has 58 heavy (non-hydrogen) atoms. The van der Waals surface area contributed by atoms with Gasteiger partial charge in [0.2, 0.25) is 0 Å². The van der Waals surface area contributed by atoms with Crippen LogP contribution in [0.1, 0.15) is 121 Å². The first-order chi connectivity index (χ1) is 24.8. The van der Waals surface area contributed by atoms with Crippen LogP contribution < -0.4 is 77.1 Å². The molecule has 0 spiro atoms. The molecule has 0 atom stereocenters. The third kappa shape index (κ3) is 12.4. The van der Waals surface area contributed by atoms with Crippen LogP contribution in [0.25, 0.3) is 22.3 Å². The van der Waals surface area contributed by atoms with E-state index in [1.54, 1.807) is 12.1 Å². The maximum atomic E-state index is 12.6. The topological polar surface area (TPSA) is 74.9 Å². The van der Waals surface area contributed by atoms with Crippen molar-refractivity contribution in [3.05, 3.63) is 123 Å². The number of hydrogen-bond acceptors (Lipinski definition) is 4. The van der Waals surface area contributed by atoms with Gasteiger partial charge in [-0.3, -0.25) is 10.1 Å².